The number of nitrogens with zero attached hydrogens (tertiary/aromatic N) is 5. The van der Waals surface area contributed by atoms with Gasteiger partial charge in [0.1, 0.15) is 6.54 Å². The molecule has 0 atom stereocenters. The average Bonchev–Trinajstić information content (AvgIpc) is 3.08. The highest BCUT2D eigenvalue weighted by Gasteiger charge is 2.15. The van der Waals surface area contributed by atoms with Crippen LogP contribution < -0.4 is 5.32 Å². The Morgan fingerprint density at radius 3 is 2.56 bits per heavy atom. The van der Waals surface area contributed by atoms with Gasteiger partial charge in [0, 0.05) is 19.2 Å². The van der Waals surface area contributed by atoms with Crippen LogP contribution in [0, 0.1) is 0 Å². The predicted molar refractivity (Wildman–Crippen MR) is 93.6 cm³/mol. The lowest BCUT2D eigenvalue weighted by molar-refractivity contribution is -0.135. The van der Waals surface area contributed by atoms with Gasteiger partial charge in [-0.05, 0) is 23.6 Å². The minimum Gasteiger partial charge on any atom is -0.355 e. The highest BCUT2D eigenvalue weighted by atomic mass is 16.2. The van der Waals surface area contributed by atoms with E-state index >= 15 is 0 Å². The minimum atomic E-state index is -0.253. The number of carbonyl (C=O) groups excluding carboxylic acids is 2. The van der Waals surface area contributed by atoms with Crippen LogP contribution in [0.3, 0.4) is 0 Å². The zero-order chi connectivity index (χ0) is 18.2. The Balaban J connectivity index is 1.93. The fourth-order valence-electron chi connectivity index (χ4n) is 2.18. The van der Waals surface area contributed by atoms with Gasteiger partial charge in [-0.3, -0.25) is 9.59 Å². The molecule has 0 saturated heterocycles. The van der Waals surface area contributed by atoms with Crippen LogP contribution in [0.5, 0.6) is 0 Å². The lowest BCUT2D eigenvalue weighted by atomic mass is 10.1. The maximum Gasteiger partial charge on any atom is 0.246 e. The number of benzene rings is 1. The Morgan fingerprint density at radius 2 is 1.92 bits per heavy atom. The quantitative estimate of drug-likeness (QED) is 0.767. The van der Waals surface area contributed by atoms with Crippen molar-refractivity contribution >= 4 is 11.8 Å². The Labute approximate surface area is 147 Å². The largest absolute Gasteiger partial charge is 0.355 e. The van der Waals surface area contributed by atoms with Crippen molar-refractivity contribution in [3.63, 3.8) is 0 Å². The van der Waals surface area contributed by atoms with Crippen molar-refractivity contribution < 1.29 is 9.59 Å². The fraction of sp³-hybridized carbons (Fsp3) is 0.471. The van der Waals surface area contributed by atoms with Gasteiger partial charge in [-0.25, -0.2) is 0 Å². The normalized spacial score (nSPS) is 10.5. The van der Waals surface area contributed by atoms with Crippen LogP contribution in [-0.4, -0.2) is 57.1 Å². The molecule has 0 aliphatic carbocycles. The lowest BCUT2D eigenvalue weighted by Crippen LogP contribution is -2.40. The molecule has 2 amide bonds. The summed E-state index contributed by atoms with van der Waals surface area (Å²) in [6, 6.07) is 7.91. The standard InChI is InChI=1S/C17H24N6O2/c1-4-10-18-15(24)11-22(3)16(25)12-23-20-17(19-21-23)14-8-6-13(5-2)7-9-14/h6-9H,4-5,10-12H2,1-3H3,(H,18,24). The van der Waals surface area contributed by atoms with Gasteiger partial charge in [0.2, 0.25) is 17.6 Å². The van der Waals surface area contributed by atoms with Crippen molar-refractivity contribution in [3.8, 4) is 11.4 Å². The van der Waals surface area contributed by atoms with E-state index in [1.807, 2.05) is 31.2 Å². The predicted octanol–water partition coefficient (Wildman–Crippen LogP) is 0.887. The summed E-state index contributed by atoms with van der Waals surface area (Å²) in [5.41, 5.74) is 2.08. The molecular weight excluding hydrogens is 320 g/mol. The molecule has 1 aromatic heterocycles. The molecule has 0 aliphatic heterocycles. The summed E-state index contributed by atoms with van der Waals surface area (Å²) in [6.45, 7) is 4.62. The summed E-state index contributed by atoms with van der Waals surface area (Å²) in [5, 5.41) is 14.9. The molecule has 0 fully saturated rings. The maximum atomic E-state index is 12.2. The third-order valence-electron chi connectivity index (χ3n) is 3.73. The second-order valence-electron chi connectivity index (χ2n) is 5.79. The number of aromatic nitrogens is 4. The zero-order valence-corrected chi connectivity index (χ0v) is 14.9. The number of likely N-dealkylation sites (N-methyl/N-ethyl adjacent to an activating group) is 1. The van der Waals surface area contributed by atoms with E-state index in [-0.39, 0.29) is 24.9 Å². The van der Waals surface area contributed by atoms with Crippen molar-refractivity contribution in [1.82, 2.24) is 30.4 Å². The molecule has 0 bridgehead atoms. The second-order valence-corrected chi connectivity index (χ2v) is 5.79. The zero-order valence-electron chi connectivity index (χ0n) is 14.9. The molecule has 1 N–H and O–H groups in total. The van der Waals surface area contributed by atoms with Gasteiger partial charge in [-0.15, -0.1) is 10.2 Å². The van der Waals surface area contributed by atoms with E-state index in [4.69, 9.17) is 0 Å². The van der Waals surface area contributed by atoms with Crippen LogP contribution in [0.4, 0.5) is 0 Å². The van der Waals surface area contributed by atoms with Crippen LogP contribution >= 0.6 is 0 Å². The lowest BCUT2D eigenvalue weighted by Gasteiger charge is -2.16. The summed E-state index contributed by atoms with van der Waals surface area (Å²) in [5.74, 6) is 0.0386. The molecule has 0 spiro atoms. The molecule has 1 heterocycles. The van der Waals surface area contributed by atoms with E-state index in [1.165, 1.54) is 15.3 Å². The molecule has 0 saturated carbocycles. The molecule has 2 aromatic rings. The summed E-state index contributed by atoms with van der Waals surface area (Å²) >= 11 is 0. The summed E-state index contributed by atoms with van der Waals surface area (Å²) in [4.78, 5) is 26.4. The number of hydrogen-bond acceptors (Lipinski definition) is 5. The maximum absolute atomic E-state index is 12.2. The van der Waals surface area contributed by atoms with Gasteiger partial charge in [0.05, 0.1) is 6.54 Å². The third kappa shape index (κ3) is 5.37. The number of amides is 2. The van der Waals surface area contributed by atoms with Crippen molar-refractivity contribution in [2.24, 2.45) is 0 Å². The van der Waals surface area contributed by atoms with Gasteiger partial charge in [-0.1, -0.05) is 38.1 Å². The molecule has 0 radical (unpaired) electrons. The highest BCUT2D eigenvalue weighted by molar-refractivity contribution is 5.84. The SMILES string of the molecule is CCCNC(=O)CN(C)C(=O)Cn1nnc(-c2ccc(CC)cc2)n1. The first-order valence-corrected chi connectivity index (χ1v) is 8.41. The van der Waals surface area contributed by atoms with Crippen LogP contribution in [0.25, 0.3) is 11.4 Å². The average molecular weight is 344 g/mol. The molecule has 8 nitrogen and oxygen atoms in total. The van der Waals surface area contributed by atoms with Gasteiger partial charge < -0.3 is 10.2 Å². The molecule has 8 heteroatoms. The van der Waals surface area contributed by atoms with E-state index in [1.54, 1.807) is 7.05 Å². The molecule has 2 rings (SSSR count). The Morgan fingerprint density at radius 1 is 1.20 bits per heavy atom. The van der Waals surface area contributed by atoms with E-state index in [0.29, 0.717) is 12.4 Å². The molecule has 1 aromatic carbocycles. The number of tetrazole rings is 1. The van der Waals surface area contributed by atoms with Crippen LogP contribution in [0.2, 0.25) is 0 Å². The number of nitrogens with one attached hydrogen (secondary N) is 1. The van der Waals surface area contributed by atoms with Gasteiger partial charge >= 0.3 is 0 Å². The Kier molecular flexibility index (Phi) is 6.62. The van der Waals surface area contributed by atoms with Crippen LogP contribution in [0.1, 0.15) is 25.8 Å². The number of aryl methyl sites for hydroxylation is 1. The number of rotatable bonds is 8. The van der Waals surface area contributed by atoms with E-state index in [0.717, 1.165) is 18.4 Å². The summed E-state index contributed by atoms with van der Waals surface area (Å²) < 4.78 is 0. The minimum absolute atomic E-state index is 0.0128. The van der Waals surface area contributed by atoms with Gasteiger partial charge in [0.25, 0.3) is 0 Å². The van der Waals surface area contributed by atoms with E-state index in [2.05, 4.69) is 27.7 Å². The van der Waals surface area contributed by atoms with Gasteiger partial charge in [0.15, 0.2) is 0 Å². The first-order valence-electron chi connectivity index (χ1n) is 8.41. The first kappa shape index (κ1) is 18.6. The molecular formula is C17H24N6O2. The van der Waals surface area contributed by atoms with Crippen molar-refractivity contribution in [3.05, 3.63) is 29.8 Å². The molecule has 0 aliphatic rings. The molecule has 134 valence electrons. The Bertz CT molecular complexity index is 710. The summed E-state index contributed by atoms with van der Waals surface area (Å²) in [7, 11) is 1.58. The third-order valence-corrected chi connectivity index (χ3v) is 3.73. The Hall–Kier alpha value is -2.77. The molecule has 25 heavy (non-hydrogen) atoms. The smallest absolute Gasteiger partial charge is 0.246 e. The topological polar surface area (TPSA) is 93.0 Å². The van der Waals surface area contributed by atoms with Crippen LogP contribution in [-0.2, 0) is 22.6 Å². The van der Waals surface area contributed by atoms with E-state index < -0.39 is 0 Å². The van der Waals surface area contributed by atoms with Crippen molar-refractivity contribution in [1.29, 1.82) is 0 Å². The summed E-state index contributed by atoms with van der Waals surface area (Å²) in [6.07, 6.45) is 1.82. The van der Waals surface area contributed by atoms with Crippen LogP contribution in [0.15, 0.2) is 24.3 Å². The monoisotopic (exact) mass is 344 g/mol. The fourth-order valence-corrected chi connectivity index (χ4v) is 2.18. The van der Waals surface area contributed by atoms with Crippen molar-refractivity contribution in [2.75, 3.05) is 20.1 Å². The first-order chi connectivity index (χ1) is 12.0. The van der Waals surface area contributed by atoms with Crippen molar-refractivity contribution in [2.45, 2.75) is 33.2 Å². The molecule has 0 unspecified atom stereocenters. The number of carbonyl (C=O) groups is 2. The van der Waals surface area contributed by atoms with E-state index in [9.17, 15) is 9.59 Å². The highest BCUT2D eigenvalue weighted by Crippen LogP contribution is 2.14. The van der Waals surface area contributed by atoms with Gasteiger partial charge in [-0.2, -0.15) is 4.80 Å². The number of hydrogen-bond donors (Lipinski definition) is 1. The second kappa shape index (κ2) is 8.91.